The highest BCUT2D eigenvalue weighted by Crippen LogP contribution is 2.24. The molecular weight excluding hydrogens is 390 g/mol. The lowest BCUT2D eigenvalue weighted by molar-refractivity contribution is -0.118. The summed E-state index contributed by atoms with van der Waals surface area (Å²) in [5.74, 6) is -0.131. The quantitative estimate of drug-likeness (QED) is 0.117. The molecule has 1 atom stereocenters. The number of unbranched alkanes of at least 4 members (excludes halogenated alkanes) is 3. The van der Waals surface area contributed by atoms with Crippen LogP contribution in [0.4, 0.5) is 0 Å². The van der Waals surface area contributed by atoms with Crippen LogP contribution in [0.5, 0.6) is 5.75 Å². The number of phenols is 1. The third kappa shape index (κ3) is 9.42. The van der Waals surface area contributed by atoms with Gasteiger partial charge >= 0.3 is 0 Å². The van der Waals surface area contributed by atoms with Crippen molar-refractivity contribution in [3.05, 3.63) is 28.2 Å². The third-order valence-corrected chi connectivity index (χ3v) is 4.39. The Bertz CT molecular complexity index is 581. The molecule has 1 amide bonds. The van der Waals surface area contributed by atoms with Crippen LogP contribution in [-0.4, -0.2) is 39.8 Å². The van der Waals surface area contributed by atoms with E-state index in [1.54, 1.807) is 18.2 Å². The molecule has 0 aliphatic rings. The zero-order chi connectivity index (χ0) is 18.7. The minimum absolute atomic E-state index is 0.149. The van der Waals surface area contributed by atoms with Gasteiger partial charge < -0.3 is 21.2 Å². The average Bonchev–Trinajstić information content (AvgIpc) is 2.57. The van der Waals surface area contributed by atoms with Gasteiger partial charge in [0.2, 0.25) is 5.91 Å². The third-order valence-electron chi connectivity index (χ3n) is 3.75. The maximum absolute atomic E-state index is 10.6. The van der Waals surface area contributed by atoms with Crippen LogP contribution >= 0.6 is 15.9 Å². The van der Waals surface area contributed by atoms with E-state index in [4.69, 9.17) is 10.9 Å². The fraction of sp³-hybridized carbons (Fsp3) is 0.529. The van der Waals surface area contributed by atoms with Gasteiger partial charge in [0, 0.05) is 19.4 Å². The largest absolute Gasteiger partial charge is 0.507 e. The predicted molar refractivity (Wildman–Crippen MR) is 99.6 cm³/mol. The van der Waals surface area contributed by atoms with Crippen molar-refractivity contribution in [3.8, 4) is 5.75 Å². The molecule has 1 unspecified atom stereocenters. The van der Waals surface area contributed by atoms with Gasteiger partial charge in [0.05, 0.1) is 10.2 Å². The van der Waals surface area contributed by atoms with Crippen molar-refractivity contribution in [1.29, 1.82) is 0 Å². The Balaban J connectivity index is 2.25. The maximum Gasteiger partial charge on any atom is 0.217 e. The van der Waals surface area contributed by atoms with Crippen LogP contribution in [-0.2, 0) is 11.2 Å². The number of primary amides is 1. The second kappa shape index (κ2) is 11.8. The van der Waals surface area contributed by atoms with Crippen LogP contribution in [0.15, 0.2) is 27.8 Å². The van der Waals surface area contributed by atoms with E-state index < -0.39 is 6.23 Å². The molecule has 0 saturated heterocycles. The van der Waals surface area contributed by atoms with Gasteiger partial charge in [-0.2, -0.15) is 0 Å². The second-order valence-electron chi connectivity index (χ2n) is 5.94. The summed E-state index contributed by atoms with van der Waals surface area (Å²) >= 11 is 3.24. The van der Waals surface area contributed by atoms with Crippen LogP contribution in [0, 0.1) is 0 Å². The fourth-order valence-electron chi connectivity index (χ4n) is 2.36. The van der Waals surface area contributed by atoms with Gasteiger partial charge in [0.25, 0.3) is 0 Å². The monoisotopic (exact) mass is 415 g/mol. The number of amides is 1. The number of hydrogen-bond donors (Lipinski definition) is 5. The van der Waals surface area contributed by atoms with Crippen LogP contribution in [0.3, 0.4) is 0 Å². The number of carbonyl (C=O) groups excluding carboxylic acids is 1. The smallest absolute Gasteiger partial charge is 0.217 e. The van der Waals surface area contributed by atoms with E-state index in [0.717, 1.165) is 31.2 Å². The first-order valence-electron chi connectivity index (χ1n) is 8.29. The zero-order valence-corrected chi connectivity index (χ0v) is 15.7. The van der Waals surface area contributed by atoms with E-state index in [9.17, 15) is 15.0 Å². The van der Waals surface area contributed by atoms with Crippen LogP contribution < -0.4 is 11.1 Å². The number of aliphatic hydroxyl groups is 1. The molecule has 0 radical (unpaired) electrons. The van der Waals surface area contributed by atoms with Crippen LogP contribution in [0.1, 0.15) is 44.1 Å². The fourth-order valence-corrected chi connectivity index (χ4v) is 2.78. The summed E-state index contributed by atoms with van der Waals surface area (Å²) in [6, 6.07) is 5.06. The van der Waals surface area contributed by atoms with E-state index in [1.807, 2.05) is 0 Å². The molecular formula is C17H26BrN3O4. The van der Waals surface area contributed by atoms with Crippen LogP contribution in [0.25, 0.3) is 0 Å². The van der Waals surface area contributed by atoms with E-state index >= 15 is 0 Å². The number of aliphatic hydroxyl groups excluding tert-OH is 1. The van der Waals surface area contributed by atoms with Gasteiger partial charge in [0.1, 0.15) is 12.0 Å². The highest BCUT2D eigenvalue weighted by Gasteiger charge is 2.08. The SMILES string of the molecule is NC(=O)CCCCCCC(O)NC/C(Cc1ccc(O)c(Br)c1)=N/O. The van der Waals surface area contributed by atoms with Crippen LogP contribution in [0.2, 0.25) is 0 Å². The Morgan fingerprint density at radius 3 is 2.64 bits per heavy atom. The number of aromatic hydroxyl groups is 1. The van der Waals surface area contributed by atoms with Crippen molar-refractivity contribution < 1.29 is 20.2 Å². The predicted octanol–water partition coefficient (Wildman–Crippen LogP) is 2.26. The summed E-state index contributed by atoms with van der Waals surface area (Å²) < 4.78 is 0.576. The molecule has 140 valence electrons. The van der Waals surface area contributed by atoms with E-state index in [1.165, 1.54) is 0 Å². The van der Waals surface area contributed by atoms with Gasteiger partial charge in [-0.25, -0.2) is 0 Å². The van der Waals surface area contributed by atoms with Gasteiger partial charge in [-0.05, 0) is 52.9 Å². The lowest BCUT2D eigenvalue weighted by Gasteiger charge is -2.13. The minimum Gasteiger partial charge on any atom is -0.507 e. The van der Waals surface area contributed by atoms with Crippen molar-refractivity contribution in [1.82, 2.24) is 5.32 Å². The van der Waals surface area contributed by atoms with E-state index in [0.29, 0.717) is 29.4 Å². The normalized spacial score (nSPS) is 13.0. The number of nitrogens with two attached hydrogens (primary N) is 1. The lowest BCUT2D eigenvalue weighted by Crippen LogP contribution is -2.34. The molecule has 6 N–H and O–H groups in total. The van der Waals surface area contributed by atoms with Crippen molar-refractivity contribution in [2.45, 2.75) is 51.2 Å². The standard InChI is InChI=1S/C17H26BrN3O4/c18-14-10-12(7-8-15(14)22)9-13(21-25)11-20-17(24)6-4-2-1-3-5-16(19)23/h7-8,10,17,20,22,24-25H,1-6,9,11H2,(H2,19,23)/b21-13+. The molecule has 0 fully saturated rings. The topological polar surface area (TPSA) is 128 Å². The molecule has 1 aromatic rings. The molecule has 8 heteroatoms. The summed E-state index contributed by atoms with van der Waals surface area (Å²) in [5.41, 5.74) is 6.43. The Kier molecular flexibility index (Phi) is 10.1. The first-order chi connectivity index (χ1) is 11.9. The first-order valence-corrected chi connectivity index (χ1v) is 9.08. The molecule has 0 saturated carbocycles. The van der Waals surface area contributed by atoms with Gasteiger partial charge in [-0.3, -0.25) is 10.1 Å². The molecule has 1 rings (SSSR count). The highest BCUT2D eigenvalue weighted by molar-refractivity contribution is 9.10. The summed E-state index contributed by atoms with van der Waals surface area (Å²) in [7, 11) is 0. The number of oxime groups is 1. The van der Waals surface area contributed by atoms with E-state index in [2.05, 4.69) is 26.4 Å². The number of nitrogens with zero attached hydrogens (tertiary/aromatic N) is 1. The zero-order valence-electron chi connectivity index (χ0n) is 14.1. The summed E-state index contributed by atoms with van der Waals surface area (Å²) in [6.45, 7) is 0.262. The molecule has 1 aromatic carbocycles. The molecule has 0 aromatic heterocycles. The van der Waals surface area contributed by atoms with Gasteiger partial charge in [-0.1, -0.05) is 24.1 Å². The summed E-state index contributed by atoms with van der Waals surface area (Å²) in [6.07, 6.45) is 4.17. The number of rotatable bonds is 12. The number of carbonyl (C=O) groups is 1. The molecule has 0 heterocycles. The molecule has 0 bridgehead atoms. The minimum atomic E-state index is -0.681. The van der Waals surface area contributed by atoms with Gasteiger partial charge in [0.15, 0.2) is 0 Å². The van der Waals surface area contributed by atoms with Gasteiger partial charge in [-0.15, -0.1) is 0 Å². The maximum atomic E-state index is 10.6. The molecule has 0 spiro atoms. The molecule has 0 aliphatic heterocycles. The van der Waals surface area contributed by atoms with Crippen molar-refractivity contribution >= 4 is 27.5 Å². The lowest BCUT2D eigenvalue weighted by atomic mass is 10.1. The molecule has 0 aliphatic carbocycles. The Morgan fingerprint density at radius 1 is 1.28 bits per heavy atom. The second-order valence-corrected chi connectivity index (χ2v) is 6.80. The number of benzene rings is 1. The first kappa shape index (κ1) is 21.4. The average molecular weight is 416 g/mol. The molecule has 25 heavy (non-hydrogen) atoms. The summed E-state index contributed by atoms with van der Waals surface area (Å²) in [5, 5.41) is 34.7. The summed E-state index contributed by atoms with van der Waals surface area (Å²) in [4.78, 5) is 10.6. The van der Waals surface area contributed by atoms with Crippen molar-refractivity contribution in [2.24, 2.45) is 10.9 Å². The highest BCUT2D eigenvalue weighted by atomic mass is 79.9. The van der Waals surface area contributed by atoms with E-state index in [-0.39, 0.29) is 18.2 Å². The molecule has 7 nitrogen and oxygen atoms in total. The number of phenolic OH excluding ortho intramolecular Hbond substituents is 1. The number of halogens is 1. The van der Waals surface area contributed by atoms with Crippen molar-refractivity contribution in [3.63, 3.8) is 0 Å². The number of nitrogens with one attached hydrogen (secondary N) is 1. The van der Waals surface area contributed by atoms with Crippen molar-refractivity contribution in [2.75, 3.05) is 6.54 Å². The Labute approximate surface area is 156 Å². The number of hydrogen-bond acceptors (Lipinski definition) is 6. The Morgan fingerprint density at radius 2 is 2.00 bits per heavy atom. The Hall–Kier alpha value is -1.64.